The van der Waals surface area contributed by atoms with Crippen molar-refractivity contribution in [3.05, 3.63) is 29.3 Å². The highest BCUT2D eigenvalue weighted by molar-refractivity contribution is 5.96. The van der Waals surface area contributed by atoms with E-state index in [1.807, 2.05) is 6.92 Å². The van der Waals surface area contributed by atoms with Crippen LogP contribution in [0.15, 0.2) is 18.2 Å². The molecule has 1 aliphatic heterocycles. The van der Waals surface area contributed by atoms with Crippen LogP contribution < -0.4 is 10.5 Å². The van der Waals surface area contributed by atoms with Gasteiger partial charge in [-0.1, -0.05) is 6.07 Å². The molecule has 1 unspecified atom stereocenters. The van der Waals surface area contributed by atoms with E-state index in [4.69, 9.17) is 15.6 Å². The lowest BCUT2D eigenvalue weighted by molar-refractivity contribution is -0.142. The average molecular weight is 278 g/mol. The summed E-state index contributed by atoms with van der Waals surface area (Å²) in [5.41, 5.74) is 5.84. The zero-order valence-electron chi connectivity index (χ0n) is 11.5. The molecule has 0 bridgehead atoms. The van der Waals surface area contributed by atoms with Gasteiger partial charge in [0, 0.05) is 18.7 Å². The molecule has 0 aliphatic carbocycles. The number of methoxy groups -OCH3 is 1. The van der Waals surface area contributed by atoms with Gasteiger partial charge < -0.3 is 20.5 Å². The fourth-order valence-electron chi connectivity index (χ4n) is 2.32. The minimum Gasteiger partial charge on any atom is -0.496 e. The van der Waals surface area contributed by atoms with Crippen molar-refractivity contribution in [3.63, 3.8) is 0 Å². The van der Waals surface area contributed by atoms with Gasteiger partial charge in [0.1, 0.15) is 11.3 Å². The number of benzene rings is 1. The topological polar surface area (TPSA) is 92.9 Å². The third-order valence-corrected chi connectivity index (χ3v) is 3.67. The third-order valence-electron chi connectivity index (χ3n) is 3.67. The van der Waals surface area contributed by atoms with E-state index in [2.05, 4.69) is 0 Å². The number of carboxylic acids is 1. The van der Waals surface area contributed by atoms with Gasteiger partial charge in [-0.15, -0.1) is 0 Å². The molecule has 1 fully saturated rings. The van der Waals surface area contributed by atoms with Gasteiger partial charge in [0.15, 0.2) is 0 Å². The summed E-state index contributed by atoms with van der Waals surface area (Å²) in [7, 11) is 1.54. The van der Waals surface area contributed by atoms with E-state index >= 15 is 0 Å². The quantitative estimate of drug-likeness (QED) is 0.846. The van der Waals surface area contributed by atoms with Crippen molar-refractivity contribution in [3.8, 4) is 5.75 Å². The molecule has 0 spiro atoms. The Morgan fingerprint density at radius 3 is 2.70 bits per heavy atom. The van der Waals surface area contributed by atoms with Crippen molar-refractivity contribution in [2.75, 3.05) is 20.2 Å². The lowest BCUT2D eigenvalue weighted by Crippen LogP contribution is -2.50. The number of aliphatic carboxylic acids is 1. The van der Waals surface area contributed by atoms with Crippen molar-refractivity contribution >= 4 is 11.9 Å². The molecule has 0 radical (unpaired) electrons. The van der Waals surface area contributed by atoms with Crippen LogP contribution in [-0.2, 0) is 4.79 Å². The van der Waals surface area contributed by atoms with E-state index in [0.29, 0.717) is 17.9 Å². The summed E-state index contributed by atoms with van der Waals surface area (Å²) in [5.74, 6) is -0.668. The van der Waals surface area contributed by atoms with E-state index < -0.39 is 11.5 Å². The van der Waals surface area contributed by atoms with Crippen molar-refractivity contribution in [1.29, 1.82) is 0 Å². The van der Waals surface area contributed by atoms with Gasteiger partial charge in [-0.3, -0.25) is 9.59 Å². The molecular weight excluding hydrogens is 260 g/mol. The van der Waals surface area contributed by atoms with Crippen LogP contribution >= 0.6 is 0 Å². The molecule has 1 saturated heterocycles. The zero-order valence-corrected chi connectivity index (χ0v) is 11.5. The maximum absolute atomic E-state index is 12.4. The third kappa shape index (κ3) is 2.46. The minimum absolute atomic E-state index is 0.0252. The number of nitrogens with zero attached hydrogens (tertiary/aromatic N) is 1. The normalized spacial score (nSPS) is 21.9. The highest BCUT2D eigenvalue weighted by Gasteiger charge is 2.43. The SMILES string of the molecule is COc1cc(C(=O)N2CCC(N)(C(=O)O)C2)ccc1C. The maximum Gasteiger partial charge on any atom is 0.325 e. The predicted octanol–water partition coefficient (Wildman–Crippen LogP) is 0.632. The van der Waals surface area contributed by atoms with E-state index in [9.17, 15) is 9.59 Å². The van der Waals surface area contributed by atoms with Crippen LogP contribution in [0.5, 0.6) is 5.75 Å². The first-order chi connectivity index (χ1) is 9.37. The summed E-state index contributed by atoms with van der Waals surface area (Å²) in [5, 5.41) is 9.08. The molecule has 1 aromatic rings. The molecule has 3 N–H and O–H groups in total. The fraction of sp³-hybridized carbons (Fsp3) is 0.429. The summed E-state index contributed by atoms with van der Waals surface area (Å²) >= 11 is 0. The summed E-state index contributed by atoms with van der Waals surface area (Å²) in [4.78, 5) is 24.9. The Kier molecular flexibility index (Phi) is 3.67. The number of amides is 1. The lowest BCUT2D eigenvalue weighted by Gasteiger charge is -2.20. The van der Waals surface area contributed by atoms with Crippen molar-refractivity contribution in [2.45, 2.75) is 18.9 Å². The molecular formula is C14H18N2O4. The smallest absolute Gasteiger partial charge is 0.325 e. The standard InChI is InChI=1S/C14H18N2O4/c1-9-3-4-10(7-11(9)20-2)12(17)16-6-5-14(15,8-16)13(18)19/h3-4,7H,5-6,8,15H2,1-2H3,(H,18,19). The van der Waals surface area contributed by atoms with Crippen molar-refractivity contribution in [1.82, 2.24) is 4.90 Å². The predicted molar refractivity (Wildman–Crippen MR) is 72.8 cm³/mol. The number of hydrogen-bond acceptors (Lipinski definition) is 4. The highest BCUT2D eigenvalue weighted by atomic mass is 16.5. The second-order valence-corrected chi connectivity index (χ2v) is 5.12. The number of carbonyl (C=O) groups is 2. The number of nitrogens with two attached hydrogens (primary N) is 1. The van der Waals surface area contributed by atoms with Gasteiger partial charge in [-0.25, -0.2) is 0 Å². The zero-order chi connectivity index (χ0) is 14.9. The Labute approximate surface area is 117 Å². The molecule has 1 aromatic carbocycles. The molecule has 1 amide bonds. The lowest BCUT2D eigenvalue weighted by atomic mass is 10.0. The second kappa shape index (κ2) is 5.13. The van der Waals surface area contributed by atoms with Crippen LogP contribution in [0, 0.1) is 6.92 Å². The summed E-state index contributed by atoms with van der Waals surface area (Å²) in [6, 6.07) is 5.17. The number of hydrogen-bond donors (Lipinski definition) is 2. The molecule has 1 heterocycles. The Bertz CT molecular complexity index is 558. The first kappa shape index (κ1) is 14.3. The fourth-order valence-corrected chi connectivity index (χ4v) is 2.32. The molecule has 20 heavy (non-hydrogen) atoms. The van der Waals surface area contributed by atoms with Gasteiger partial charge in [0.05, 0.1) is 7.11 Å². The minimum atomic E-state index is -1.34. The average Bonchev–Trinajstić information content (AvgIpc) is 2.82. The van der Waals surface area contributed by atoms with E-state index in [0.717, 1.165) is 5.56 Å². The Morgan fingerprint density at radius 2 is 2.15 bits per heavy atom. The van der Waals surface area contributed by atoms with E-state index in [1.54, 1.807) is 25.3 Å². The van der Waals surface area contributed by atoms with Crippen LogP contribution in [0.25, 0.3) is 0 Å². The maximum atomic E-state index is 12.4. The number of carboxylic acid groups (broad SMARTS) is 1. The number of likely N-dealkylation sites (tertiary alicyclic amines) is 1. The van der Waals surface area contributed by atoms with Gasteiger partial charge in [0.25, 0.3) is 5.91 Å². The Hall–Kier alpha value is -2.08. The molecule has 6 heteroatoms. The number of aryl methyl sites for hydroxylation is 1. The van der Waals surface area contributed by atoms with Gasteiger partial charge in [-0.2, -0.15) is 0 Å². The second-order valence-electron chi connectivity index (χ2n) is 5.12. The van der Waals surface area contributed by atoms with Gasteiger partial charge in [0.2, 0.25) is 0 Å². The molecule has 1 atom stereocenters. The Morgan fingerprint density at radius 1 is 1.45 bits per heavy atom. The molecule has 108 valence electrons. The first-order valence-corrected chi connectivity index (χ1v) is 6.33. The van der Waals surface area contributed by atoms with Crippen LogP contribution in [-0.4, -0.2) is 47.6 Å². The largest absolute Gasteiger partial charge is 0.496 e. The molecule has 2 rings (SSSR count). The Balaban J connectivity index is 2.19. The summed E-state index contributed by atoms with van der Waals surface area (Å²) in [6.45, 7) is 2.26. The monoisotopic (exact) mass is 278 g/mol. The molecule has 1 aliphatic rings. The van der Waals surface area contributed by atoms with E-state index in [-0.39, 0.29) is 18.9 Å². The van der Waals surface area contributed by atoms with Gasteiger partial charge >= 0.3 is 5.97 Å². The van der Waals surface area contributed by atoms with Gasteiger partial charge in [-0.05, 0) is 31.0 Å². The van der Waals surface area contributed by atoms with Crippen molar-refractivity contribution < 1.29 is 19.4 Å². The van der Waals surface area contributed by atoms with Crippen molar-refractivity contribution in [2.24, 2.45) is 5.73 Å². The summed E-state index contributed by atoms with van der Waals surface area (Å²) < 4.78 is 5.19. The number of ether oxygens (including phenoxy) is 1. The number of carbonyl (C=O) groups excluding carboxylic acids is 1. The van der Waals surface area contributed by atoms with Crippen LogP contribution in [0.4, 0.5) is 0 Å². The molecule has 0 aromatic heterocycles. The van der Waals surface area contributed by atoms with Crippen LogP contribution in [0.2, 0.25) is 0 Å². The molecule has 0 saturated carbocycles. The van der Waals surface area contributed by atoms with Crippen LogP contribution in [0.3, 0.4) is 0 Å². The number of rotatable bonds is 3. The first-order valence-electron chi connectivity index (χ1n) is 6.33. The highest BCUT2D eigenvalue weighted by Crippen LogP contribution is 2.24. The van der Waals surface area contributed by atoms with E-state index in [1.165, 1.54) is 4.90 Å². The summed E-state index contributed by atoms with van der Waals surface area (Å²) in [6.07, 6.45) is 0.261. The molecule has 6 nitrogen and oxygen atoms in total. The van der Waals surface area contributed by atoms with Crippen LogP contribution in [0.1, 0.15) is 22.3 Å².